The molecule has 3 heterocycles. The lowest BCUT2D eigenvalue weighted by Gasteiger charge is -2.36. The van der Waals surface area contributed by atoms with Crippen LogP contribution in [0.4, 0.5) is 9.93 Å². The monoisotopic (exact) mass is 457 g/mol. The van der Waals surface area contributed by atoms with Crippen LogP contribution in [0, 0.1) is 5.92 Å². The minimum atomic E-state index is -0.369. The summed E-state index contributed by atoms with van der Waals surface area (Å²) in [5.74, 6) is 0.507. The summed E-state index contributed by atoms with van der Waals surface area (Å²) in [6, 6.07) is 3.28. The van der Waals surface area contributed by atoms with Gasteiger partial charge in [-0.2, -0.15) is 4.37 Å². The topological polar surface area (TPSA) is 96.5 Å². The lowest BCUT2D eigenvalue weighted by Crippen LogP contribution is -2.42. The Morgan fingerprint density at radius 3 is 2.90 bits per heavy atom. The predicted octanol–water partition coefficient (Wildman–Crippen LogP) is 3.74. The summed E-state index contributed by atoms with van der Waals surface area (Å²) in [5, 5.41) is 5.79. The third-order valence-corrected chi connectivity index (χ3v) is 6.44. The highest BCUT2D eigenvalue weighted by atomic mass is 35.5. The molecule has 1 saturated heterocycles. The van der Waals surface area contributed by atoms with E-state index in [-0.39, 0.29) is 23.5 Å². The van der Waals surface area contributed by atoms with Gasteiger partial charge in [0.15, 0.2) is 5.82 Å². The summed E-state index contributed by atoms with van der Waals surface area (Å²) in [6.07, 6.45) is 1.42. The number of amides is 3. The van der Waals surface area contributed by atoms with E-state index in [2.05, 4.69) is 20.0 Å². The van der Waals surface area contributed by atoms with Gasteiger partial charge in [-0.25, -0.2) is 9.78 Å². The largest absolute Gasteiger partial charge is 0.376 e. The molecule has 3 amide bonds. The molecule has 158 valence electrons. The van der Waals surface area contributed by atoms with E-state index in [4.69, 9.17) is 16.3 Å². The van der Waals surface area contributed by atoms with Gasteiger partial charge in [-0.1, -0.05) is 11.6 Å². The van der Waals surface area contributed by atoms with E-state index in [1.54, 1.807) is 18.0 Å². The van der Waals surface area contributed by atoms with Gasteiger partial charge in [-0.15, -0.1) is 11.3 Å². The van der Waals surface area contributed by atoms with Crippen LogP contribution in [-0.2, 0) is 22.6 Å². The summed E-state index contributed by atoms with van der Waals surface area (Å²) in [4.78, 5) is 31.6. The van der Waals surface area contributed by atoms with Crippen LogP contribution < -0.4 is 10.6 Å². The Bertz CT molecular complexity index is 869. The Morgan fingerprint density at radius 1 is 1.41 bits per heavy atom. The molecular formula is C18H24ClN5O3S2. The number of anilines is 1. The summed E-state index contributed by atoms with van der Waals surface area (Å²) in [6.45, 7) is 5.28. The molecule has 11 heteroatoms. The fourth-order valence-corrected chi connectivity index (χ4v) is 4.77. The normalized spacial score (nSPS) is 18.3. The lowest BCUT2D eigenvalue weighted by atomic mass is 9.87. The van der Waals surface area contributed by atoms with E-state index in [1.807, 2.05) is 19.9 Å². The van der Waals surface area contributed by atoms with Crippen molar-refractivity contribution in [3.05, 3.63) is 27.2 Å². The van der Waals surface area contributed by atoms with Gasteiger partial charge >= 0.3 is 6.03 Å². The minimum Gasteiger partial charge on any atom is -0.376 e. The van der Waals surface area contributed by atoms with Crippen molar-refractivity contribution in [3.63, 3.8) is 0 Å². The first-order chi connectivity index (χ1) is 13.7. The van der Waals surface area contributed by atoms with E-state index in [1.165, 1.54) is 11.3 Å². The number of carbonyl (C=O) groups is 2. The molecule has 0 aliphatic carbocycles. The van der Waals surface area contributed by atoms with Crippen LogP contribution in [-0.4, -0.2) is 45.5 Å². The molecule has 1 atom stereocenters. The Morgan fingerprint density at radius 2 is 2.21 bits per heavy atom. The zero-order valence-electron chi connectivity index (χ0n) is 16.5. The molecule has 2 N–H and O–H groups in total. The summed E-state index contributed by atoms with van der Waals surface area (Å²) in [7, 11) is 1.75. The second-order valence-corrected chi connectivity index (χ2v) is 10.1. The van der Waals surface area contributed by atoms with Gasteiger partial charge in [0, 0.05) is 36.0 Å². The molecule has 3 rings (SSSR count). The SMILES string of the molecule is CN(Cc1nsc(NC(=O)NCc2ccc(Cl)s2)n1)C(=O)C1CCOC(C)(C)C1. The number of urea groups is 1. The number of aromatic nitrogens is 2. The van der Waals surface area contributed by atoms with Crippen molar-refractivity contribution in [2.24, 2.45) is 5.92 Å². The number of nitrogens with zero attached hydrogens (tertiary/aromatic N) is 3. The van der Waals surface area contributed by atoms with Crippen LogP contribution >= 0.6 is 34.5 Å². The molecule has 1 unspecified atom stereocenters. The number of ether oxygens (including phenoxy) is 1. The minimum absolute atomic E-state index is 0.0588. The fourth-order valence-electron chi connectivity index (χ4n) is 3.17. The Balaban J connectivity index is 1.47. The van der Waals surface area contributed by atoms with Gasteiger partial charge in [0.2, 0.25) is 11.0 Å². The maximum atomic E-state index is 12.7. The number of halogens is 1. The van der Waals surface area contributed by atoms with Crippen LogP contribution in [0.5, 0.6) is 0 Å². The van der Waals surface area contributed by atoms with Crippen LogP contribution in [0.1, 0.15) is 37.4 Å². The Kier molecular flexibility index (Phi) is 7.10. The third-order valence-electron chi connectivity index (χ3n) is 4.54. The fraction of sp³-hybridized carbons (Fsp3) is 0.556. The quantitative estimate of drug-likeness (QED) is 0.688. The second-order valence-electron chi connectivity index (χ2n) is 7.52. The molecule has 0 radical (unpaired) electrons. The van der Waals surface area contributed by atoms with Crippen LogP contribution in [0.3, 0.4) is 0 Å². The molecule has 1 aliphatic heterocycles. The van der Waals surface area contributed by atoms with E-state index < -0.39 is 0 Å². The van der Waals surface area contributed by atoms with Crippen molar-refractivity contribution in [1.82, 2.24) is 19.6 Å². The number of thiophene rings is 1. The highest BCUT2D eigenvalue weighted by Crippen LogP contribution is 2.30. The van der Waals surface area contributed by atoms with Gasteiger partial charge in [-0.05, 0) is 38.8 Å². The Labute approximate surface area is 182 Å². The van der Waals surface area contributed by atoms with Crippen LogP contribution in [0.2, 0.25) is 4.34 Å². The molecule has 0 bridgehead atoms. The first kappa shape index (κ1) is 21.9. The number of rotatable bonds is 6. The van der Waals surface area contributed by atoms with E-state index in [9.17, 15) is 9.59 Å². The highest BCUT2D eigenvalue weighted by Gasteiger charge is 2.34. The molecule has 0 saturated carbocycles. The van der Waals surface area contributed by atoms with Gasteiger partial charge in [0.25, 0.3) is 0 Å². The summed E-state index contributed by atoms with van der Waals surface area (Å²) in [5.41, 5.74) is -0.281. The smallest absolute Gasteiger partial charge is 0.321 e. The van der Waals surface area contributed by atoms with Crippen LogP contribution in [0.25, 0.3) is 0 Å². The van der Waals surface area contributed by atoms with Crippen molar-refractivity contribution in [3.8, 4) is 0 Å². The van der Waals surface area contributed by atoms with Gasteiger partial charge in [-0.3, -0.25) is 10.1 Å². The first-order valence-corrected chi connectivity index (χ1v) is 11.2. The van der Waals surface area contributed by atoms with E-state index in [0.29, 0.717) is 41.4 Å². The number of nitrogens with one attached hydrogen (secondary N) is 2. The molecular weight excluding hydrogens is 434 g/mol. The molecule has 8 nitrogen and oxygen atoms in total. The number of hydrogen-bond acceptors (Lipinski definition) is 7. The summed E-state index contributed by atoms with van der Waals surface area (Å²) < 4.78 is 10.6. The molecule has 2 aromatic heterocycles. The van der Waals surface area contributed by atoms with Crippen molar-refractivity contribution in [2.75, 3.05) is 19.0 Å². The Hall–Kier alpha value is -1.75. The summed E-state index contributed by atoms with van der Waals surface area (Å²) >= 11 is 8.37. The van der Waals surface area contributed by atoms with Crippen molar-refractivity contribution in [1.29, 1.82) is 0 Å². The van der Waals surface area contributed by atoms with Crippen molar-refractivity contribution < 1.29 is 14.3 Å². The number of carbonyl (C=O) groups excluding carboxylic acids is 2. The first-order valence-electron chi connectivity index (χ1n) is 9.22. The molecule has 29 heavy (non-hydrogen) atoms. The van der Waals surface area contributed by atoms with Crippen LogP contribution in [0.15, 0.2) is 12.1 Å². The molecule has 0 aromatic carbocycles. The van der Waals surface area contributed by atoms with Crippen molar-refractivity contribution >= 4 is 51.5 Å². The average Bonchev–Trinajstić information content (AvgIpc) is 3.27. The van der Waals surface area contributed by atoms with Gasteiger partial charge in [0.05, 0.1) is 23.0 Å². The predicted molar refractivity (Wildman–Crippen MR) is 114 cm³/mol. The maximum absolute atomic E-state index is 12.7. The third kappa shape index (κ3) is 6.36. The molecule has 1 fully saturated rings. The molecule has 1 aliphatic rings. The van der Waals surface area contributed by atoms with Crippen molar-refractivity contribution in [2.45, 2.75) is 45.4 Å². The zero-order chi connectivity index (χ0) is 21.0. The highest BCUT2D eigenvalue weighted by molar-refractivity contribution is 7.16. The van der Waals surface area contributed by atoms with Gasteiger partial charge < -0.3 is 15.0 Å². The standard InChI is InChI=1S/C18H24ClN5O3S2/c1-18(2)8-11(6-7-27-18)15(25)24(3)10-14-21-17(29-23-14)22-16(26)20-9-12-4-5-13(19)28-12/h4-5,11H,6-10H2,1-3H3,(H2,20,21,22,23,26). The average molecular weight is 458 g/mol. The maximum Gasteiger partial charge on any atom is 0.321 e. The zero-order valence-corrected chi connectivity index (χ0v) is 18.9. The molecule has 2 aromatic rings. The second kappa shape index (κ2) is 9.38. The molecule has 0 spiro atoms. The lowest BCUT2D eigenvalue weighted by molar-refractivity contribution is -0.144. The van der Waals surface area contributed by atoms with Gasteiger partial charge in [0.1, 0.15) is 0 Å². The van der Waals surface area contributed by atoms with E-state index >= 15 is 0 Å². The van der Waals surface area contributed by atoms with E-state index in [0.717, 1.165) is 22.8 Å². The number of hydrogen-bond donors (Lipinski definition) is 2.